The van der Waals surface area contributed by atoms with E-state index in [1.165, 1.54) is 16.3 Å². The third-order valence-corrected chi connectivity index (χ3v) is 3.96. The van der Waals surface area contributed by atoms with Crippen LogP contribution in [0.3, 0.4) is 0 Å². The number of rotatable bonds is 0. The fourth-order valence-corrected chi connectivity index (χ4v) is 3.14. The van der Waals surface area contributed by atoms with Gasteiger partial charge in [0.05, 0.1) is 0 Å². The zero-order valence-corrected chi connectivity index (χ0v) is 9.15. The van der Waals surface area contributed by atoms with Crippen LogP contribution in [-0.4, -0.2) is 9.76 Å². The van der Waals surface area contributed by atoms with E-state index in [2.05, 4.69) is 42.5 Å². The Morgan fingerprint density at radius 2 is 1.50 bits per heavy atom. The summed E-state index contributed by atoms with van der Waals surface area (Å²) in [6, 6.07) is 16.8. The third kappa shape index (κ3) is 1.08. The van der Waals surface area contributed by atoms with Crippen LogP contribution in [0, 0.1) is 0 Å². The number of fused-ring (bicyclic) bond motifs is 3. The molecule has 3 rings (SSSR count). The number of hydrogen-bond acceptors (Lipinski definition) is 1. The van der Waals surface area contributed by atoms with Gasteiger partial charge < -0.3 is 4.43 Å². The van der Waals surface area contributed by atoms with Crippen LogP contribution in [0.2, 0.25) is 0 Å². The van der Waals surface area contributed by atoms with E-state index in [1.807, 2.05) is 6.07 Å². The van der Waals surface area contributed by atoms with Crippen molar-refractivity contribution < 1.29 is 4.43 Å². The zero-order chi connectivity index (χ0) is 9.38. The lowest BCUT2D eigenvalue weighted by atomic mass is 10.0. The van der Waals surface area contributed by atoms with Crippen molar-refractivity contribution in [2.24, 2.45) is 0 Å². The molecule has 0 N–H and O–H groups in total. The minimum Gasteiger partial charge on any atom is -0.544 e. The molecule has 0 saturated carbocycles. The lowest BCUT2D eigenvalue weighted by Gasteiger charge is -2.20. The summed E-state index contributed by atoms with van der Waals surface area (Å²) in [6.07, 6.45) is 0. The van der Waals surface area contributed by atoms with Gasteiger partial charge in [-0.25, -0.2) is 0 Å². The molecule has 0 unspecified atom stereocenters. The van der Waals surface area contributed by atoms with Crippen molar-refractivity contribution in [1.29, 1.82) is 0 Å². The molecule has 0 aliphatic carbocycles. The van der Waals surface area contributed by atoms with Crippen LogP contribution in [-0.2, 0) is 0 Å². The summed E-state index contributed by atoms with van der Waals surface area (Å²) in [5, 5.41) is 1.41. The molecule has 0 saturated heterocycles. The molecule has 68 valence electrons. The van der Waals surface area contributed by atoms with E-state index >= 15 is 0 Å². The van der Waals surface area contributed by atoms with Crippen molar-refractivity contribution in [2.45, 2.75) is 0 Å². The molecule has 0 amide bonds. The van der Waals surface area contributed by atoms with E-state index < -0.39 is 9.76 Å². The molecule has 2 heteroatoms. The fourth-order valence-electron chi connectivity index (χ4n) is 1.88. The third-order valence-electron chi connectivity index (χ3n) is 2.58. The number of para-hydroxylation sites is 1. The highest BCUT2D eigenvalue weighted by Crippen LogP contribution is 2.30. The summed E-state index contributed by atoms with van der Waals surface area (Å²) >= 11 is 0. The van der Waals surface area contributed by atoms with E-state index in [0.29, 0.717) is 0 Å². The zero-order valence-electron chi connectivity index (χ0n) is 7.73. The Kier molecular flexibility index (Phi) is 1.67. The molecule has 0 fully saturated rings. The Hall–Kier alpha value is -1.54. The second-order valence-electron chi connectivity index (χ2n) is 3.44. The highest BCUT2D eigenvalue weighted by molar-refractivity contribution is 6.51. The minimum absolute atomic E-state index is 0.552. The smallest absolute Gasteiger partial charge is 0.252 e. The first-order valence-corrected chi connectivity index (χ1v) is 6.04. The first-order chi connectivity index (χ1) is 6.95. The van der Waals surface area contributed by atoms with Crippen LogP contribution in [0.25, 0.3) is 11.1 Å². The fraction of sp³-hybridized carbons (Fsp3) is 0. The van der Waals surface area contributed by atoms with Gasteiger partial charge in [-0.3, -0.25) is 0 Å². The van der Waals surface area contributed by atoms with Crippen LogP contribution in [0.4, 0.5) is 0 Å². The van der Waals surface area contributed by atoms with E-state index in [-0.39, 0.29) is 0 Å². The number of hydrogen-bond donors (Lipinski definition) is 0. The quantitative estimate of drug-likeness (QED) is 0.582. The second-order valence-corrected chi connectivity index (χ2v) is 4.78. The maximum atomic E-state index is 5.79. The van der Waals surface area contributed by atoms with Gasteiger partial charge in [-0.05, 0) is 16.8 Å². The van der Waals surface area contributed by atoms with Crippen LogP contribution in [0.15, 0.2) is 48.5 Å². The minimum atomic E-state index is -0.552. The Bertz CT molecular complexity index is 434. The van der Waals surface area contributed by atoms with Gasteiger partial charge in [0.25, 0.3) is 9.76 Å². The maximum Gasteiger partial charge on any atom is 0.252 e. The second kappa shape index (κ2) is 2.99. The SMILES string of the molecule is c1ccc2c(c1)O[SiH2]c1ccccc1-2. The molecule has 14 heavy (non-hydrogen) atoms. The summed E-state index contributed by atoms with van der Waals surface area (Å²) in [5.74, 6) is 1.05. The predicted molar refractivity (Wildman–Crippen MR) is 60.7 cm³/mol. The van der Waals surface area contributed by atoms with Crippen LogP contribution in [0.5, 0.6) is 5.75 Å². The van der Waals surface area contributed by atoms with Crippen LogP contribution in [0.1, 0.15) is 0 Å². The summed E-state index contributed by atoms with van der Waals surface area (Å²) in [7, 11) is -0.552. The summed E-state index contributed by atoms with van der Waals surface area (Å²) in [4.78, 5) is 0. The molecule has 0 radical (unpaired) electrons. The summed E-state index contributed by atoms with van der Waals surface area (Å²) in [6.45, 7) is 0. The highest BCUT2D eigenvalue weighted by atomic mass is 28.2. The molecule has 1 aliphatic heterocycles. The Labute approximate surface area is 85.3 Å². The average molecular weight is 198 g/mol. The molecule has 0 atom stereocenters. The van der Waals surface area contributed by atoms with Crippen molar-refractivity contribution >= 4 is 14.9 Å². The molecule has 1 heterocycles. The van der Waals surface area contributed by atoms with Gasteiger partial charge >= 0.3 is 0 Å². The normalized spacial score (nSPS) is 14.3. The van der Waals surface area contributed by atoms with E-state index in [0.717, 1.165) is 5.75 Å². The van der Waals surface area contributed by atoms with Crippen molar-refractivity contribution in [3.05, 3.63) is 48.5 Å². The molecule has 1 aliphatic rings. The average Bonchev–Trinajstić information content (AvgIpc) is 2.29. The first-order valence-electron chi connectivity index (χ1n) is 4.75. The summed E-state index contributed by atoms with van der Waals surface area (Å²) < 4.78 is 5.79. The van der Waals surface area contributed by atoms with Gasteiger partial charge in [0.1, 0.15) is 5.75 Å². The topological polar surface area (TPSA) is 9.23 Å². The molecular weight excluding hydrogens is 188 g/mol. The maximum absolute atomic E-state index is 5.79. The standard InChI is InChI=1S/C12H10OSi/c1-3-7-11-9(5-1)10-6-2-4-8-12(10)14-13-11/h1-8H,14H2. The van der Waals surface area contributed by atoms with Crippen molar-refractivity contribution in [2.75, 3.05) is 0 Å². The first kappa shape index (κ1) is 7.82. The van der Waals surface area contributed by atoms with Crippen molar-refractivity contribution in [3.63, 3.8) is 0 Å². The molecule has 0 aromatic heterocycles. The largest absolute Gasteiger partial charge is 0.544 e. The Morgan fingerprint density at radius 3 is 2.43 bits per heavy atom. The van der Waals surface area contributed by atoms with E-state index in [9.17, 15) is 0 Å². The van der Waals surface area contributed by atoms with Gasteiger partial charge in [0, 0.05) is 5.56 Å². The molecule has 0 spiro atoms. The lowest BCUT2D eigenvalue weighted by Crippen LogP contribution is -2.26. The molecule has 0 bridgehead atoms. The lowest BCUT2D eigenvalue weighted by molar-refractivity contribution is 0.603. The van der Waals surface area contributed by atoms with Gasteiger partial charge in [0.2, 0.25) is 0 Å². The summed E-state index contributed by atoms with van der Waals surface area (Å²) in [5.41, 5.74) is 2.60. The molecule has 2 aromatic rings. The monoisotopic (exact) mass is 198 g/mol. The number of benzene rings is 2. The molecule has 1 nitrogen and oxygen atoms in total. The molecule has 2 aromatic carbocycles. The van der Waals surface area contributed by atoms with E-state index in [1.54, 1.807) is 0 Å². The van der Waals surface area contributed by atoms with Crippen LogP contribution < -0.4 is 9.61 Å². The van der Waals surface area contributed by atoms with Gasteiger partial charge in [0.15, 0.2) is 0 Å². The van der Waals surface area contributed by atoms with Gasteiger partial charge in [-0.15, -0.1) is 0 Å². The van der Waals surface area contributed by atoms with Gasteiger partial charge in [-0.2, -0.15) is 0 Å². The van der Waals surface area contributed by atoms with Crippen molar-refractivity contribution in [1.82, 2.24) is 0 Å². The van der Waals surface area contributed by atoms with Crippen LogP contribution >= 0.6 is 0 Å². The van der Waals surface area contributed by atoms with Crippen molar-refractivity contribution in [3.8, 4) is 16.9 Å². The van der Waals surface area contributed by atoms with E-state index in [4.69, 9.17) is 4.43 Å². The molecular formula is C12H10OSi. The van der Waals surface area contributed by atoms with Gasteiger partial charge in [-0.1, -0.05) is 42.5 Å². The highest BCUT2D eigenvalue weighted by Gasteiger charge is 2.15. The Balaban J connectivity index is 2.29. The Morgan fingerprint density at radius 1 is 0.786 bits per heavy atom. The predicted octanol–water partition coefficient (Wildman–Crippen LogP) is 1.46.